The molecule has 6 aromatic rings. The average molecular weight is 656 g/mol. The summed E-state index contributed by atoms with van der Waals surface area (Å²) in [6.07, 6.45) is 0.150. The van der Waals surface area contributed by atoms with Crippen LogP contribution in [-0.4, -0.2) is 19.6 Å². The smallest absolute Gasteiger partial charge is 0.217 e. The number of phenols is 1. The first-order chi connectivity index (χ1) is 17.7. The predicted molar refractivity (Wildman–Crippen MR) is 140 cm³/mol. The van der Waals surface area contributed by atoms with Crippen LogP contribution in [0, 0.1) is 6.07 Å². The first-order valence-corrected chi connectivity index (χ1v) is 11.4. The Labute approximate surface area is 226 Å². The van der Waals surface area contributed by atoms with Crippen molar-refractivity contribution in [2.75, 3.05) is 0 Å². The Morgan fingerprint density at radius 3 is 2.53 bits per heavy atom. The van der Waals surface area contributed by atoms with Gasteiger partial charge in [-0.3, -0.25) is 0 Å². The van der Waals surface area contributed by atoms with E-state index in [1.54, 1.807) is 36.4 Å². The van der Waals surface area contributed by atoms with E-state index in [-0.39, 0.29) is 38.4 Å². The van der Waals surface area contributed by atoms with Gasteiger partial charge in [0.15, 0.2) is 0 Å². The van der Waals surface area contributed by atoms with Gasteiger partial charge in [0.2, 0.25) is 5.88 Å². The molecule has 0 aliphatic rings. The van der Waals surface area contributed by atoms with Gasteiger partial charge in [-0.1, -0.05) is 56.6 Å². The number of aromatic nitrogens is 3. The number of para-hydroxylation sites is 1. The maximum atomic E-state index is 10.5. The fraction of sp³-hybridized carbons (Fsp3) is 0.133. The number of aromatic hydroxyl groups is 1. The molecule has 0 aliphatic carbocycles. The van der Waals surface area contributed by atoms with Crippen LogP contribution in [0.5, 0.6) is 17.4 Å². The van der Waals surface area contributed by atoms with Crippen molar-refractivity contribution in [3.8, 4) is 23.2 Å². The second-order valence-corrected chi connectivity index (χ2v) is 9.51. The molecule has 3 aromatic heterocycles. The number of benzene rings is 3. The Hall–Kier alpha value is -3.69. The largest absolute Gasteiger partial charge is 0.506 e. The SMILES string of the molecule is [2H]c1cccc(-n2c3[c-]c(Oc4ccc5c(C(C)(C)C)ccc(O)c5n4)ccc3c3c([2H])cccc32)n1.[Pt]. The number of phenolic OH excluding ortho intramolecular Hbond substituents is 1. The second kappa shape index (κ2) is 9.07. The van der Waals surface area contributed by atoms with Gasteiger partial charge >= 0.3 is 0 Å². The van der Waals surface area contributed by atoms with E-state index in [4.69, 9.17) is 7.48 Å². The van der Waals surface area contributed by atoms with E-state index < -0.39 is 0 Å². The molecule has 0 fully saturated rings. The van der Waals surface area contributed by atoms with E-state index in [1.165, 1.54) is 0 Å². The van der Waals surface area contributed by atoms with Gasteiger partial charge in [-0.2, -0.15) is 6.07 Å². The third-order valence-electron chi connectivity index (χ3n) is 6.12. The maximum Gasteiger partial charge on any atom is 0.217 e. The van der Waals surface area contributed by atoms with Crippen molar-refractivity contribution in [3.63, 3.8) is 0 Å². The van der Waals surface area contributed by atoms with Gasteiger partial charge < -0.3 is 14.4 Å². The molecule has 1 N–H and O–H groups in total. The van der Waals surface area contributed by atoms with Gasteiger partial charge in [0.1, 0.15) is 17.1 Å². The fourth-order valence-electron chi connectivity index (χ4n) is 4.54. The van der Waals surface area contributed by atoms with Crippen LogP contribution < -0.4 is 4.74 Å². The normalized spacial score (nSPS) is 12.4. The number of ether oxygens (including phenoxy) is 1. The van der Waals surface area contributed by atoms with E-state index in [1.807, 2.05) is 41.0 Å². The molecule has 0 bridgehead atoms. The van der Waals surface area contributed by atoms with Crippen LogP contribution in [0.3, 0.4) is 0 Å². The number of hydrogen-bond acceptors (Lipinski definition) is 4. The van der Waals surface area contributed by atoms with Gasteiger partial charge in [0.25, 0.3) is 0 Å². The summed E-state index contributed by atoms with van der Waals surface area (Å²) >= 11 is 0. The minimum atomic E-state index is -0.108. The molecule has 3 heterocycles. The third kappa shape index (κ3) is 4.04. The predicted octanol–water partition coefficient (Wildman–Crippen LogP) is 7.32. The van der Waals surface area contributed by atoms with Crippen molar-refractivity contribution < 1.29 is 33.7 Å². The van der Waals surface area contributed by atoms with Gasteiger partial charge in [0, 0.05) is 50.0 Å². The molecule has 3 aromatic carbocycles. The van der Waals surface area contributed by atoms with Gasteiger partial charge in [-0.25, -0.2) is 9.97 Å². The topological polar surface area (TPSA) is 60.2 Å². The number of hydrogen-bond donors (Lipinski definition) is 1. The number of rotatable bonds is 3. The van der Waals surface area contributed by atoms with Gasteiger partial charge in [-0.05, 0) is 46.7 Å². The van der Waals surface area contributed by atoms with Crippen LogP contribution in [0.2, 0.25) is 0 Å². The summed E-state index contributed by atoms with van der Waals surface area (Å²) in [7, 11) is 0. The van der Waals surface area contributed by atoms with Crippen LogP contribution in [0.1, 0.15) is 29.1 Å². The Kier molecular flexibility index (Phi) is 5.44. The first kappa shape index (κ1) is 21.6. The molecular formula is C30H24N3O2Pt-. The summed E-state index contributed by atoms with van der Waals surface area (Å²) in [5.41, 5.74) is 2.95. The summed E-state index contributed by atoms with van der Waals surface area (Å²) in [4.78, 5) is 9.01. The van der Waals surface area contributed by atoms with E-state index in [0.29, 0.717) is 34.5 Å². The van der Waals surface area contributed by atoms with Crippen molar-refractivity contribution in [2.24, 2.45) is 0 Å². The monoisotopic (exact) mass is 655 g/mol. The van der Waals surface area contributed by atoms with Crippen LogP contribution in [0.15, 0.2) is 85.0 Å². The summed E-state index contributed by atoms with van der Waals surface area (Å²) in [5.74, 6) is 1.43. The summed E-state index contributed by atoms with van der Waals surface area (Å²) in [5, 5.41) is 13.0. The molecule has 5 nitrogen and oxygen atoms in total. The molecule has 0 amide bonds. The molecule has 0 saturated heterocycles. The first-order valence-electron chi connectivity index (χ1n) is 12.4. The molecule has 0 radical (unpaired) electrons. The minimum absolute atomic E-state index is 0. The van der Waals surface area contributed by atoms with Gasteiger partial charge in [-0.15, -0.1) is 17.5 Å². The van der Waals surface area contributed by atoms with Crippen LogP contribution in [0.4, 0.5) is 0 Å². The van der Waals surface area contributed by atoms with E-state index in [0.717, 1.165) is 27.2 Å². The Morgan fingerprint density at radius 2 is 1.72 bits per heavy atom. The molecule has 0 atom stereocenters. The standard InChI is InChI=1S/C30H24N3O2.Pt/c1-30(2,3)23-14-15-26(34)29-22(23)13-16-28(32-29)35-19-11-12-21-20-8-4-5-9-24(20)33(25(21)18-19)27-10-6-7-17-31-27;/h4-17,34H,1-3H3;/q-1;/i8D,17D;. The molecule has 0 aliphatic heterocycles. The van der Waals surface area contributed by atoms with E-state index in [9.17, 15) is 5.11 Å². The zero-order valence-electron chi connectivity index (χ0n) is 21.9. The molecular weight excluding hydrogens is 629 g/mol. The average Bonchev–Trinajstić information content (AvgIpc) is 3.18. The Bertz CT molecular complexity index is 1840. The van der Waals surface area contributed by atoms with Crippen molar-refractivity contribution in [1.29, 1.82) is 0 Å². The molecule has 6 rings (SSSR count). The van der Waals surface area contributed by atoms with Crippen molar-refractivity contribution in [3.05, 3.63) is 96.6 Å². The van der Waals surface area contributed by atoms with Crippen LogP contribution in [-0.2, 0) is 26.5 Å². The van der Waals surface area contributed by atoms with Crippen molar-refractivity contribution in [1.82, 2.24) is 14.5 Å². The van der Waals surface area contributed by atoms with Crippen molar-refractivity contribution in [2.45, 2.75) is 26.2 Å². The molecule has 182 valence electrons. The fourth-order valence-corrected chi connectivity index (χ4v) is 4.54. The minimum Gasteiger partial charge on any atom is -0.506 e. The number of nitrogens with zero attached hydrogens (tertiary/aromatic N) is 3. The molecule has 0 saturated carbocycles. The Balaban J connectivity index is 0.00000294. The van der Waals surface area contributed by atoms with E-state index >= 15 is 0 Å². The molecule has 0 unspecified atom stereocenters. The van der Waals surface area contributed by atoms with Gasteiger partial charge in [0.05, 0.1) is 2.74 Å². The number of pyridine rings is 2. The Morgan fingerprint density at radius 1 is 0.917 bits per heavy atom. The number of fused-ring (bicyclic) bond motifs is 4. The summed E-state index contributed by atoms with van der Waals surface area (Å²) < 4.78 is 24.5. The zero-order chi connectivity index (χ0) is 25.9. The quantitative estimate of drug-likeness (QED) is 0.203. The van der Waals surface area contributed by atoms with E-state index in [2.05, 4.69) is 36.8 Å². The summed E-state index contributed by atoms with van der Waals surface area (Å²) in [6.45, 7) is 6.38. The van der Waals surface area contributed by atoms with Crippen LogP contribution in [0.25, 0.3) is 38.5 Å². The zero-order valence-corrected chi connectivity index (χ0v) is 22.2. The second-order valence-electron chi connectivity index (χ2n) is 9.51. The third-order valence-corrected chi connectivity index (χ3v) is 6.12. The van der Waals surface area contributed by atoms with Crippen molar-refractivity contribution >= 4 is 32.7 Å². The van der Waals surface area contributed by atoms with Crippen LogP contribution >= 0.6 is 0 Å². The molecule has 6 heteroatoms. The molecule has 36 heavy (non-hydrogen) atoms. The molecule has 0 spiro atoms. The maximum absolute atomic E-state index is 10.5. The summed E-state index contributed by atoms with van der Waals surface area (Å²) in [6, 6.07) is 25.5.